The van der Waals surface area contributed by atoms with Crippen LogP contribution in [0.2, 0.25) is 0 Å². The lowest BCUT2D eigenvalue weighted by Gasteiger charge is -2.24. The number of nitrogens with one attached hydrogen (secondary N) is 1. The maximum atomic E-state index is 11.7. The zero-order chi connectivity index (χ0) is 26.3. The minimum Gasteiger partial charge on any atom is -0.464 e. The summed E-state index contributed by atoms with van der Waals surface area (Å²) in [5.74, 6) is -1.78. The highest BCUT2D eigenvalue weighted by Gasteiger charge is 2.34. The number of hydrogen-bond donors (Lipinski definition) is 6. The van der Waals surface area contributed by atoms with Crippen molar-refractivity contribution in [3.63, 3.8) is 0 Å². The molecule has 0 aliphatic rings. The van der Waals surface area contributed by atoms with E-state index < -0.39 is 49.4 Å². The second kappa shape index (κ2) is 22.9. The maximum absolute atomic E-state index is 11.7. The number of ether oxygens (including phenoxy) is 1. The van der Waals surface area contributed by atoms with Crippen molar-refractivity contribution in [2.24, 2.45) is 0 Å². The Morgan fingerprint density at radius 3 is 1.83 bits per heavy atom. The molecule has 0 bridgehead atoms. The molecule has 0 unspecified atom stereocenters. The van der Waals surface area contributed by atoms with Crippen molar-refractivity contribution in [1.82, 2.24) is 5.32 Å². The average molecular weight is 504 g/mol. The quantitative estimate of drug-likeness (QED) is 0.0703. The first-order valence-corrected chi connectivity index (χ1v) is 13.3. The second-order valence-electron chi connectivity index (χ2n) is 9.05. The molecule has 0 aliphatic carbocycles. The molecule has 6 N–H and O–H groups in total. The molecule has 0 aromatic rings. The standard InChI is InChI=1S/C26H49NO8/c1-2-3-4-5-6-7-8-9-10-11-12-13-14-15-16-17-18-35-22(30)19-27-26(34)25(33)24(32)23(31)21(29)20-28/h9-10,21,23-25,28-29,31-33H,2-8,11-20H2,1H3,(H,27,34)/t21-,23-,24+,25-/m1/s1. The van der Waals surface area contributed by atoms with E-state index >= 15 is 0 Å². The number of carbonyl (C=O) groups is 2. The molecule has 9 nitrogen and oxygen atoms in total. The number of rotatable bonds is 23. The summed E-state index contributed by atoms with van der Waals surface area (Å²) in [4.78, 5) is 23.4. The molecular weight excluding hydrogens is 454 g/mol. The predicted molar refractivity (Wildman–Crippen MR) is 135 cm³/mol. The normalized spacial score (nSPS) is 15.0. The molecule has 0 aromatic heterocycles. The highest BCUT2D eigenvalue weighted by Crippen LogP contribution is 2.10. The van der Waals surface area contributed by atoms with Crippen LogP contribution in [0.4, 0.5) is 0 Å². The number of esters is 1. The second-order valence-corrected chi connectivity index (χ2v) is 9.05. The topological polar surface area (TPSA) is 157 Å². The largest absolute Gasteiger partial charge is 0.464 e. The molecule has 0 saturated carbocycles. The SMILES string of the molecule is CCCCCCCCC=CCCCCCCCCOC(=O)CNC(=O)[C@H](O)[C@@H](O)[C@H](O)[C@H](O)CO. The molecule has 1 amide bonds. The van der Waals surface area contributed by atoms with E-state index in [-0.39, 0.29) is 6.61 Å². The van der Waals surface area contributed by atoms with Gasteiger partial charge in [0.05, 0.1) is 13.2 Å². The smallest absolute Gasteiger partial charge is 0.325 e. The van der Waals surface area contributed by atoms with Crippen molar-refractivity contribution in [1.29, 1.82) is 0 Å². The molecule has 0 radical (unpaired) electrons. The Hall–Kier alpha value is -1.52. The fourth-order valence-corrected chi connectivity index (χ4v) is 3.53. The van der Waals surface area contributed by atoms with Crippen LogP contribution in [0.5, 0.6) is 0 Å². The first-order chi connectivity index (χ1) is 16.8. The summed E-state index contributed by atoms with van der Waals surface area (Å²) in [6, 6.07) is 0. The van der Waals surface area contributed by atoms with Crippen LogP contribution in [0.15, 0.2) is 12.2 Å². The van der Waals surface area contributed by atoms with Gasteiger partial charge in [0, 0.05) is 0 Å². The van der Waals surface area contributed by atoms with Crippen molar-refractivity contribution < 1.29 is 39.9 Å². The predicted octanol–water partition coefficient (Wildman–Crippen LogP) is 2.12. The maximum Gasteiger partial charge on any atom is 0.325 e. The van der Waals surface area contributed by atoms with Gasteiger partial charge in [0.1, 0.15) is 24.9 Å². The zero-order valence-corrected chi connectivity index (χ0v) is 21.4. The molecule has 0 rings (SSSR count). The van der Waals surface area contributed by atoms with Gasteiger partial charge >= 0.3 is 5.97 Å². The average Bonchev–Trinajstić information content (AvgIpc) is 2.87. The molecule has 0 heterocycles. The highest BCUT2D eigenvalue weighted by molar-refractivity contribution is 5.85. The number of amides is 1. The van der Waals surface area contributed by atoms with E-state index in [0.29, 0.717) is 0 Å². The van der Waals surface area contributed by atoms with Gasteiger partial charge in [-0.25, -0.2) is 0 Å². The molecule has 0 saturated heterocycles. The number of aliphatic hydroxyl groups excluding tert-OH is 5. The van der Waals surface area contributed by atoms with Gasteiger partial charge in [0.15, 0.2) is 6.10 Å². The Morgan fingerprint density at radius 1 is 0.771 bits per heavy atom. The fourth-order valence-electron chi connectivity index (χ4n) is 3.53. The molecule has 4 atom stereocenters. The molecule has 0 aliphatic heterocycles. The molecular formula is C26H49NO8. The summed E-state index contributed by atoms with van der Waals surface area (Å²) in [5, 5.41) is 48.9. The minimum absolute atomic E-state index is 0.239. The van der Waals surface area contributed by atoms with E-state index in [9.17, 15) is 30.0 Å². The van der Waals surface area contributed by atoms with E-state index in [0.717, 1.165) is 32.1 Å². The Labute approximate surface area is 210 Å². The van der Waals surface area contributed by atoms with Crippen molar-refractivity contribution in [3.05, 3.63) is 12.2 Å². The summed E-state index contributed by atoms with van der Waals surface area (Å²) >= 11 is 0. The van der Waals surface area contributed by atoms with Gasteiger partial charge in [0.25, 0.3) is 5.91 Å². The molecule has 9 heteroatoms. The highest BCUT2D eigenvalue weighted by atomic mass is 16.5. The first-order valence-electron chi connectivity index (χ1n) is 13.3. The van der Waals surface area contributed by atoms with Crippen LogP contribution in [-0.2, 0) is 14.3 Å². The summed E-state index contributed by atoms with van der Waals surface area (Å²) in [5.41, 5.74) is 0. The van der Waals surface area contributed by atoms with Crippen molar-refractivity contribution >= 4 is 11.9 Å². The third-order valence-electron chi connectivity index (χ3n) is 5.85. The van der Waals surface area contributed by atoms with E-state index in [1.54, 1.807) is 0 Å². The van der Waals surface area contributed by atoms with Crippen LogP contribution in [-0.4, -0.2) is 81.6 Å². The van der Waals surface area contributed by atoms with Gasteiger partial charge in [-0.2, -0.15) is 0 Å². The number of hydrogen-bond acceptors (Lipinski definition) is 8. The number of allylic oxidation sites excluding steroid dienone is 2. The van der Waals surface area contributed by atoms with E-state index in [2.05, 4.69) is 24.4 Å². The van der Waals surface area contributed by atoms with Gasteiger partial charge in [-0.1, -0.05) is 76.9 Å². The first kappa shape index (κ1) is 33.5. The lowest BCUT2D eigenvalue weighted by molar-refractivity contribution is -0.152. The minimum atomic E-state index is -2.07. The van der Waals surface area contributed by atoms with E-state index in [1.165, 1.54) is 57.8 Å². The Kier molecular flexibility index (Phi) is 21.9. The molecule has 0 aromatic carbocycles. The third-order valence-corrected chi connectivity index (χ3v) is 5.85. The van der Waals surface area contributed by atoms with Crippen LogP contribution in [0.1, 0.15) is 96.8 Å². The number of unbranched alkanes of at least 4 members (excludes halogenated alkanes) is 12. The monoisotopic (exact) mass is 503 g/mol. The van der Waals surface area contributed by atoms with Crippen molar-refractivity contribution in [2.45, 2.75) is 121 Å². The van der Waals surface area contributed by atoms with Crippen LogP contribution in [0.3, 0.4) is 0 Å². The van der Waals surface area contributed by atoms with Crippen LogP contribution < -0.4 is 5.32 Å². The molecule has 0 fully saturated rings. The van der Waals surface area contributed by atoms with E-state index in [4.69, 9.17) is 9.84 Å². The summed E-state index contributed by atoms with van der Waals surface area (Å²) < 4.78 is 5.03. The van der Waals surface area contributed by atoms with Gasteiger partial charge in [-0.15, -0.1) is 0 Å². The van der Waals surface area contributed by atoms with Crippen molar-refractivity contribution in [3.8, 4) is 0 Å². The van der Waals surface area contributed by atoms with Crippen molar-refractivity contribution in [2.75, 3.05) is 19.8 Å². The lowest BCUT2D eigenvalue weighted by Crippen LogP contribution is -2.52. The van der Waals surface area contributed by atoms with Gasteiger partial charge in [-0.3, -0.25) is 9.59 Å². The Balaban J connectivity index is 3.60. The molecule has 35 heavy (non-hydrogen) atoms. The Morgan fingerprint density at radius 2 is 1.29 bits per heavy atom. The van der Waals surface area contributed by atoms with Crippen LogP contribution >= 0.6 is 0 Å². The lowest BCUT2D eigenvalue weighted by atomic mass is 10.0. The number of carbonyl (C=O) groups excluding carboxylic acids is 2. The van der Waals surface area contributed by atoms with Crippen LogP contribution in [0, 0.1) is 0 Å². The van der Waals surface area contributed by atoms with Gasteiger partial charge in [-0.05, 0) is 32.1 Å². The third kappa shape index (κ3) is 18.4. The summed E-state index contributed by atoms with van der Waals surface area (Å²) in [7, 11) is 0. The zero-order valence-electron chi connectivity index (χ0n) is 21.4. The Bertz CT molecular complexity index is 557. The van der Waals surface area contributed by atoms with Gasteiger partial charge in [0.2, 0.25) is 0 Å². The summed E-state index contributed by atoms with van der Waals surface area (Å²) in [6.45, 7) is 1.13. The molecule has 206 valence electrons. The van der Waals surface area contributed by atoms with Crippen LogP contribution in [0.25, 0.3) is 0 Å². The molecule has 0 spiro atoms. The summed E-state index contributed by atoms with van der Waals surface area (Å²) in [6.07, 6.45) is 13.5. The fraction of sp³-hybridized carbons (Fsp3) is 0.846. The number of aliphatic hydroxyl groups is 5. The van der Waals surface area contributed by atoms with E-state index in [1.807, 2.05) is 0 Å². The van der Waals surface area contributed by atoms with Gasteiger partial charge < -0.3 is 35.6 Å².